The molecule has 0 fully saturated rings. The van der Waals surface area contributed by atoms with E-state index in [1.54, 1.807) is 7.11 Å². The van der Waals surface area contributed by atoms with E-state index in [2.05, 4.69) is 60.7 Å². The molecule has 0 aliphatic rings. The molecule has 1 N–H and O–H groups in total. The van der Waals surface area contributed by atoms with Gasteiger partial charge in [0.15, 0.2) is 0 Å². The first-order chi connectivity index (χ1) is 12.8. The lowest BCUT2D eigenvalue weighted by atomic mass is 9.92. The first kappa shape index (κ1) is 16.4. The van der Waals surface area contributed by atoms with E-state index in [0.717, 1.165) is 16.9 Å². The van der Waals surface area contributed by atoms with E-state index >= 15 is 0 Å². The average Bonchev–Trinajstić information content (AvgIpc) is 2.73. The lowest BCUT2D eigenvalue weighted by molar-refractivity contribution is 0.282. The van der Waals surface area contributed by atoms with Crippen LogP contribution in [-0.2, 0) is 6.61 Å². The quantitative estimate of drug-likeness (QED) is 0.518. The fourth-order valence-electron chi connectivity index (χ4n) is 3.36. The van der Waals surface area contributed by atoms with Gasteiger partial charge >= 0.3 is 0 Å². The number of methoxy groups -OCH3 is 1. The van der Waals surface area contributed by atoms with Crippen LogP contribution in [0.1, 0.15) is 5.56 Å². The maximum Gasteiger partial charge on any atom is 0.118 e. The molecule has 0 radical (unpaired) electrons. The van der Waals surface area contributed by atoms with Crippen molar-refractivity contribution in [3.8, 4) is 28.0 Å². The summed E-state index contributed by atoms with van der Waals surface area (Å²) in [6.07, 6.45) is 0. The molecule has 2 heteroatoms. The number of benzene rings is 4. The molecule has 0 spiro atoms. The summed E-state index contributed by atoms with van der Waals surface area (Å²) in [6.45, 7) is 0.0669. The molecule has 4 aromatic carbocycles. The van der Waals surface area contributed by atoms with E-state index in [0.29, 0.717) is 0 Å². The van der Waals surface area contributed by atoms with Crippen LogP contribution in [0.4, 0.5) is 0 Å². The van der Waals surface area contributed by atoms with Gasteiger partial charge in [0, 0.05) is 0 Å². The van der Waals surface area contributed by atoms with Crippen LogP contribution in [0.3, 0.4) is 0 Å². The van der Waals surface area contributed by atoms with Crippen LogP contribution in [0.5, 0.6) is 5.75 Å². The summed E-state index contributed by atoms with van der Waals surface area (Å²) in [7, 11) is 1.68. The van der Waals surface area contributed by atoms with Crippen molar-refractivity contribution in [1.29, 1.82) is 0 Å². The first-order valence-electron chi connectivity index (χ1n) is 8.66. The summed E-state index contributed by atoms with van der Waals surface area (Å²) in [6, 6.07) is 29.1. The zero-order chi connectivity index (χ0) is 17.9. The van der Waals surface area contributed by atoms with E-state index < -0.39 is 0 Å². The molecular weight excluding hydrogens is 320 g/mol. The van der Waals surface area contributed by atoms with Gasteiger partial charge < -0.3 is 9.84 Å². The van der Waals surface area contributed by atoms with Crippen LogP contribution in [0.25, 0.3) is 33.0 Å². The minimum atomic E-state index is 0.0669. The van der Waals surface area contributed by atoms with Crippen molar-refractivity contribution in [3.05, 3.63) is 90.5 Å². The average molecular weight is 340 g/mol. The summed E-state index contributed by atoms with van der Waals surface area (Å²) in [5, 5.41) is 11.7. The predicted molar refractivity (Wildman–Crippen MR) is 107 cm³/mol. The smallest absolute Gasteiger partial charge is 0.118 e. The monoisotopic (exact) mass is 340 g/mol. The highest BCUT2D eigenvalue weighted by Crippen LogP contribution is 2.36. The number of hydrogen-bond donors (Lipinski definition) is 1. The predicted octanol–water partition coefficient (Wildman–Crippen LogP) is 5.67. The molecule has 0 saturated heterocycles. The second-order valence-corrected chi connectivity index (χ2v) is 6.29. The van der Waals surface area contributed by atoms with Crippen molar-refractivity contribution in [3.63, 3.8) is 0 Å². The molecule has 0 aliphatic heterocycles. The van der Waals surface area contributed by atoms with Crippen molar-refractivity contribution >= 4 is 10.8 Å². The summed E-state index contributed by atoms with van der Waals surface area (Å²) in [5.74, 6) is 0.860. The van der Waals surface area contributed by atoms with Gasteiger partial charge in [-0.05, 0) is 50.7 Å². The van der Waals surface area contributed by atoms with Crippen molar-refractivity contribution in [2.75, 3.05) is 7.11 Å². The molecule has 0 unspecified atom stereocenters. The summed E-state index contributed by atoms with van der Waals surface area (Å²) in [5.41, 5.74) is 5.65. The zero-order valence-electron chi connectivity index (χ0n) is 14.6. The summed E-state index contributed by atoms with van der Waals surface area (Å²) in [4.78, 5) is 0. The highest BCUT2D eigenvalue weighted by molar-refractivity contribution is 6.04. The number of hydrogen-bond acceptors (Lipinski definition) is 2. The number of aliphatic hydroxyl groups excluding tert-OH is 1. The molecule has 128 valence electrons. The van der Waals surface area contributed by atoms with Gasteiger partial charge in [-0.2, -0.15) is 0 Å². The fraction of sp³-hybridized carbons (Fsp3) is 0.0833. The maximum atomic E-state index is 9.26. The fourth-order valence-corrected chi connectivity index (χ4v) is 3.36. The van der Waals surface area contributed by atoms with Gasteiger partial charge in [0.05, 0.1) is 13.7 Å². The Bertz CT molecular complexity index is 946. The second kappa shape index (κ2) is 7.03. The molecule has 4 rings (SSSR count). The Kier molecular flexibility index (Phi) is 4.42. The van der Waals surface area contributed by atoms with Gasteiger partial charge in [0.25, 0.3) is 0 Å². The van der Waals surface area contributed by atoms with E-state index in [4.69, 9.17) is 4.74 Å². The van der Waals surface area contributed by atoms with E-state index in [9.17, 15) is 5.11 Å². The Morgan fingerprint density at radius 2 is 1.15 bits per heavy atom. The third-order valence-electron chi connectivity index (χ3n) is 4.77. The van der Waals surface area contributed by atoms with Crippen LogP contribution in [0.2, 0.25) is 0 Å². The Hall–Kier alpha value is -3.10. The summed E-state index contributed by atoms with van der Waals surface area (Å²) < 4.78 is 5.27. The topological polar surface area (TPSA) is 29.5 Å². The molecule has 0 aliphatic carbocycles. The number of aliphatic hydroxyl groups is 1. The van der Waals surface area contributed by atoms with Gasteiger partial charge in [-0.15, -0.1) is 0 Å². The first-order valence-corrected chi connectivity index (χ1v) is 8.66. The minimum Gasteiger partial charge on any atom is -0.497 e. The van der Waals surface area contributed by atoms with Crippen molar-refractivity contribution in [2.24, 2.45) is 0 Å². The largest absolute Gasteiger partial charge is 0.497 e. The molecule has 0 heterocycles. The highest BCUT2D eigenvalue weighted by atomic mass is 16.5. The lowest BCUT2D eigenvalue weighted by Crippen LogP contribution is -1.88. The molecule has 0 saturated carbocycles. The minimum absolute atomic E-state index is 0.0669. The second-order valence-electron chi connectivity index (χ2n) is 6.29. The van der Waals surface area contributed by atoms with Gasteiger partial charge in [0.1, 0.15) is 5.75 Å². The Morgan fingerprint density at radius 1 is 0.654 bits per heavy atom. The third-order valence-corrected chi connectivity index (χ3v) is 4.77. The molecular formula is C24H20O2. The number of rotatable bonds is 4. The Balaban J connectivity index is 1.87. The lowest BCUT2D eigenvalue weighted by Gasteiger charge is -2.13. The molecule has 4 aromatic rings. The standard InChI is InChI=1S/C24H20O2/c1-26-20-12-10-19(11-13-20)22-15-14-21(23-4-2-3-5-24(22)23)18-8-6-17(16-25)7-9-18/h2-15,25H,16H2,1H3. The molecule has 0 bridgehead atoms. The normalized spacial score (nSPS) is 10.8. The molecule has 0 aromatic heterocycles. The molecule has 0 atom stereocenters. The van der Waals surface area contributed by atoms with Gasteiger partial charge in [0.2, 0.25) is 0 Å². The maximum absolute atomic E-state index is 9.26. The van der Waals surface area contributed by atoms with Crippen molar-refractivity contribution in [1.82, 2.24) is 0 Å². The molecule has 2 nitrogen and oxygen atoms in total. The molecule has 0 amide bonds. The van der Waals surface area contributed by atoms with E-state index in [1.165, 1.54) is 27.5 Å². The number of fused-ring (bicyclic) bond motifs is 1. The van der Waals surface area contributed by atoms with Crippen molar-refractivity contribution < 1.29 is 9.84 Å². The highest BCUT2D eigenvalue weighted by Gasteiger charge is 2.09. The van der Waals surface area contributed by atoms with E-state index in [-0.39, 0.29) is 6.61 Å². The van der Waals surface area contributed by atoms with Crippen LogP contribution >= 0.6 is 0 Å². The van der Waals surface area contributed by atoms with Gasteiger partial charge in [-0.25, -0.2) is 0 Å². The van der Waals surface area contributed by atoms with Crippen LogP contribution < -0.4 is 4.74 Å². The third kappa shape index (κ3) is 2.96. The van der Waals surface area contributed by atoms with Gasteiger partial charge in [-0.3, -0.25) is 0 Å². The van der Waals surface area contributed by atoms with Crippen LogP contribution in [-0.4, -0.2) is 12.2 Å². The van der Waals surface area contributed by atoms with Crippen LogP contribution in [0, 0.1) is 0 Å². The van der Waals surface area contributed by atoms with Crippen molar-refractivity contribution in [2.45, 2.75) is 6.61 Å². The number of ether oxygens (including phenoxy) is 1. The summed E-state index contributed by atoms with van der Waals surface area (Å²) >= 11 is 0. The van der Waals surface area contributed by atoms with Gasteiger partial charge in [-0.1, -0.05) is 72.8 Å². The SMILES string of the molecule is COc1ccc(-c2ccc(-c3ccc(CO)cc3)c3ccccc23)cc1. The van der Waals surface area contributed by atoms with E-state index in [1.807, 2.05) is 24.3 Å². The molecule has 26 heavy (non-hydrogen) atoms. The zero-order valence-corrected chi connectivity index (χ0v) is 14.6. The Labute approximate surface area is 153 Å². The van der Waals surface area contributed by atoms with Crippen LogP contribution in [0.15, 0.2) is 84.9 Å². The Morgan fingerprint density at radius 3 is 1.62 bits per heavy atom.